The van der Waals surface area contributed by atoms with Crippen LogP contribution in [0.4, 0.5) is 5.82 Å². The highest BCUT2D eigenvalue weighted by Crippen LogP contribution is 2.25. The van der Waals surface area contributed by atoms with Crippen molar-refractivity contribution in [3.8, 4) is 0 Å². The average Bonchev–Trinajstić information content (AvgIpc) is 2.76. The van der Waals surface area contributed by atoms with Gasteiger partial charge in [-0.2, -0.15) is 0 Å². The first kappa shape index (κ1) is 15.3. The SMILES string of the molecule is CCNC(C)c1ccnc(N(C)C2CCCCCC2)c1. The van der Waals surface area contributed by atoms with Crippen LogP contribution in [0.15, 0.2) is 18.3 Å². The zero-order chi connectivity index (χ0) is 14.4. The molecule has 1 fully saturated rings. The van der Waals surface area contributed by atoms with E-state index in [1.54, 1.807) is 0 Å². The largest absolute Gasteiger partial charge is 0.357 e. The predicted octanol–water partition coefficient (Wildman–Crippen LogP) is 3.91. The van der Waals surface area contributed by atoms with E-state index in [1.807, 2.05) is 6.20 Å². The highest BCUT2D eigenvalue weighted by molar-refractivity contribution is 5.42. The molecule has 0 saturated heterocycles. The predicted molar refractivity (Wildman–Crippen MR) is 86.2 cm³/mol. The van der Waals surface area contributed by atoms with Crippen molar-refractivity contribution in [3.63, 3.8) is 0 Å². The molecule has 0 bridgehead atoms. The zero-order valence-corrected chi connectivity index (χ0v) is 13.2. The van der Waals surface area contributed by atoms with Crippen LogP contribution >= 0.6 is 0 Å². The van der Waals surface area contributed by atoms with Crippen LogP contribution in [0.3, 0.4) is 0 Å². The van der Waals surface area contributed by atoms with Gasteiger partial charge in [-0.25, -0.2) is 4.98 Å². The van der Waals surface area contributed by atoms with Gasteiger partial charge in [0.05, 0.1) is 0 Å². The molecule has 0 radical (unpaired) electrons. The van der Waals surface area contributed by atoms with E-state index in [4.69, 9.17) is 0 Å². The van der Waals surface area contributed by atoms with Gasteiger partial charge in [0, 0.05) is 25.3 Å². The van der Waals surface area contributed by atoms with Crippen LogP contribution in [0.5, 0.6) is 0 Å². The summed E-state index contributed by atoms with van der Waals surface area (Å²) in [7, 11) is 2.21. The van der Waals surface area contributed by atoms with Gasteiger partial charge in [0.25, 0.3) is 0 Å². The van der Waals surface area contributed by atoms with Gasteiger partial charge in [-0.3, -0.25) is 0 Å². The molecule has 112 valence electrons. The van der Waals surface area contributed by atoms with Gasteiger partial charge in [-0.1, -0.05) is 32.6 Å². The third-order valence-corrected chi connectivity index (χ3v) is 4.51. The van der Waals surface area contributed by atoms with Gasteiger partial charge >= 0.3 is 0 Å². The van der Waals surface area contributed by atoms with E-state index < -0.39 is 0 Å². The van der Waals surface area contributed by atoms with E-state index in [0.29, 0.717) is 12.1 Å². The van der Waals surface area contributed by atoms with Crippen molar-refractivity contribution < 1.29 is 0 Å². The fourth-order valence-corrected chi connectivity index (χ4v) is 3.15. The summed E-state index contributed by atoms with van der Waals surface area (Å²) in [6, 6.07) is 5.43. The van der Waals surface area contributed by atoms with Crippen molar-refractivity contribution in [1.82, 2.24) is 10.3 Å². The Bertz CT molecular complexity index is 397. The Kier molecular flexibility index (Phi) is 5.84. The van der Waals surface area contributed by atoms with Gasteiger partial charge in [0.15, 0.2) is 0 Å². The standard InChI is InChI=1S/C17H29N3/c1-4-18-14(2)15-11-12-19-17(13-15)20(3)16-9-7-5-6-8-10-16/h11-14,16,18H,4-10H2,1-3H3. The molecule has 1 N–H and O–H groups in total. The van der Waals surface area contributed by atoms with E-state index >= 15 is 0 Å². The molecule has 2 rings (SSSR count). The molecular formula is C17H29N3. The van der Waals surface area contributed by atoms with Crippen LogP contribution in [0.2, 0.25) is 0 Å². The van der Waals surface area contributed by atoms with E-state index in [9.17, 15) is 0 Å². The molecule has 20 heavy (non-hydrogen) atoms. The monoisotopic (exact) mass is 275 g/mol. The summed E-state index contributed by atoms with van der Waals surface area (Å²) in [6.45, 7) is 5.36. The van der Waals surface area contributed by atoms with E-state index in [1.165, 1.54) is 44.1 Å². The Morgan fingerprint density at radius 3 is 2.65 bits per heavy atom. The van der Waals surface area contributed by atoms with Crippen LogP contribution in [0.25, 0.3) is 0 Å². The number of hydrogen-bond acceptors (Lipinski definition) is 3. The number of pyridine rings is 1. The number of hydrogen-bond donors (Lipinski definition) is 1. The summed E-state index contributed by atoms with van der Waals surface area (Å²) < 4.78 is 0. The minimum absolute atomic E-state index is 0.393. The molecule has 0 amide bonds. The van der Waals surface area contributed by atoms with Crippen molar-refractivity contribution in [2.24, 2.45) is 0 Å². The first-order valence-corrected chi connectivity index (χ1v) is 8.14. The normalized spacial score (nSPS) is 18.6. The van der Waals surface area contributed by atoms with Gasteiger partial charge < -0.3 is 10.2 Å². The summed E-state index contributed by atoms with van der Waals surface area (Å²) >= 11 is 0. The summed E-state index contributed by atoms with van der Waals surface area (Å²) in [5, 5.41) is 3.47. The molecule has 0 aliphatic heterocycles. The maximum Gasteiger partial charge on any atom is 0.128 e. The van der Waals surface area contributed by atoms with Crippen LogP contribution in [-0.2, 0) is 0 Å². The van der Waals surface area contributed by atoms with Crippen LogP contribution in [0.1, 0.15) is 64.0 Å². The van der Waals surface area contributed by atoms with Crippen molar-refractivity contribution in [3.05, 3.63) is 23.9 Å². The molecule has 1 unspecified atom stereocenters. The van der Waals surface area contributed by atoms with E-state index in [0.717, 1.165) is 12.4 Å². The molecule has 1 heterocycles. The third kappa shape index (κ3) is 3.95. The number of nitrogens with zero attached hydrogens (tertiary/aromatic N) is 2. The molecule has 1 atom stereocenters. The molecule has 3 heteroatoms. The maximum absolute atomic E-state index is 4.59. The molecule has 0 spiro atoms. The van der Waals surface area contributed by atoms with Crippen molar-refractivity contribution >= 4 is 5.82 Å². The molecule has 1 aliphatic carbocycles. The summed E-state index contributed by atoms with van der Waals surface area (Å²) in [6.07, 6.45) is 10.1. The Labute approximate surface area is 123 Å². The smallest absolute Gasteiger partial charge is 0.128 e. The molecule has 1 saturated carbocycles. The lowest BCUT2D eigenvalue weighted by Gasteiger charge is -2.29. The van der Waals surface area contributed by atoms with Crippen molar-refractivity contribution in [2.45, 2.75) is 64.5 Å². The molecule has 1 aromatic rings. The minimum Gasteiger partial charge on any atom is -0.357 e. The van der Waals surface area contributed by atoms with E-state index in [2.05, 4.69) is 48.2 Å². The molecule has 0 aromatic carbocycles. The molecular weight excluding hydrogens is 246 g/mol. The highest BCUT2D eigenvalue weighted by atomic mass is 15.2. The second kappa shape index (κ2) is 7.63. The number of nitrogens with one attached hydrogen (secondary N) is 1. The average molecular weight is 275 g/mol. The Hall–Kier alpha value is -1.09. The molecule has 1 aliphatic rings. The van der Waals surface area contributed by atoms with Gasteiger partial charge in [0.1, 0.15) is 5.82 Å². The van der Waals surface area contributed by atoms with Gasteiger partial charge in [0.2, 0.25) is 0 Å². The summed E-state index contributed by atoms with van der Waals surface area (Å²) in [4.78, 5) is 6.98. The topological polar surface area (TPSA) is 28.2 Å². The fraction of sp³-hybridized carbons (Fsp3) is 0.706. The lowest BCUT2D eigenvalue weighted by molar-refractivity contribution is 0.547. The summed E-state index contributed by atoms with van der Waals surface area (Å²) in [5.41, 5.74) is 1.33. The van der Waals surface area contributed by atoms with Gasteiger partial charge in [-0.05, 0) is 44.0 Å². The summed E-state index contributed by atoms with van der Waals surface area (Å²) in [5.74, 6) is 1.12. The first-order chi connectivity index (χ1) is 9.72. The highest BCUT2D eigenvalue weighted by Gasteiger charge is 2.18. The van der Waals surface area contributed by atoms with Crippen LogP contribution < -0.4 is 10.2 Å². The fourth-order valence-electron chi connectivity index (χ4n) is 3.15. The Balaban J connectivity index is 2.08. The third-order valence-electron chi connectivity index (χ3n) is 4.51. The number of aromatic nitrogens is 1. The first-order valence-electron chi connectivity index (χ1n) is 8.14. The Morgan fingerprint density at radius 1 is 1.30 bits per heavy atom. The number of rotatable bonds is 5. The molecule has 1 aromatic heterocycles. The van der Waals surface area contributed by atoms with Crippen LogP contribution in [-0.4, -0.2) is 24.6 Å². The Morgan fingerprint density at radius 2 is 2.00 bits per heavy atom. The maximum atomic E-state index is 4.59. The van der Waals surface area contributed by atoms with Crippen LogP contribution in [0, 0.1) is 0 Å². The minimum atomic E-state index is 0.393. The van der Waals surface area contributed by atoms with Crippen molar-refractivity contribution in [1.29, 1.82) is 0 Å². The van der Waals surface area contributed by atoms with Crippen molar-refractivity contribution in [2.75, 3.05) is 18.5 Å². The zero-order valence-electron chi connectivity index (χ0n) is 13.2. The quantitative estimate of drug-likeness (QED) is 0.826. The lowest BCUT2D eigenvalue weighted by Crippen LogP contribution is -2.32. The van der Waals surface area contributed by atoms with Gasteiger partial charge in [-0.15, -0.1) is 0 Å². The lowest BCUT2D eigenvalue weighted by atomic mass is 10.1. The molecule has 3 nitrogen and oxygen atoms in total. The second-order valence-electron chi connectivity index (χ2n) is 5.98. The number of anilines is 1. The second-order valence-corrected chi connectivity index (χ2v) is 5.98. The van der Waals surface area contributed by atoms with E-state index in [-0.39, 0.29) is 0 Å².